The minimum absolute atomic E-state index is 0. The third-order valence-corrected chi connectivity index (χ3v) is 8.16. The van der Waals surface area contributed by atoms with Gasteiger partial charge in [-0.15, -0.1) is 0 Å². The predicted molar refractivity (Wildman–Crippen MR) is 174 cm³/mol. The van der Waals surface area contributed by atoms with E-state index in [1.54, 1.807) is 0 Å². The molecule has 0 fully saturated rings. The van der Waals surface area contributed by atoms with Crippen molar-refractivity contribution in [1.29, 1.82) is 0 Å². The molecule has 45 heavy (non-hydrogen) atoms. The second kappa shape index (κ2) is 9.47. The van der Waals surface area contributed by atoms with E-state index < -0.39 is 0 Å². The van der Waals surface area contributed by atoms with Gasteiger partial charge in [0.25, 0.3) is 0 Å². The predicted octanol–water partition coefficient (Wildman–Crippen LogP) is 5.20. The number of benzene rings is 4. The number of nitrogens with two attached hydrogens (primary N) is 4. The molecule has 2 aliphatic rings. The largest absolute Gasteiger partial charge is 0.396 e. The molecule has 1 radical (unpaired) electrons. The van der Waals surface area contributed by atoms with Crippen LogP contribution in [0.2, 0.25) is 0 Å². The Balaban J connectivity index is 0.00000300. The van der Waals surface area contributed by atoms with E-state index in [0.29, 0.717) is 56.7 Å². The first-order valence-electron chi connectivity index (χ1n) is 13.8. The van der Waals surface area contributed by atoms with Gasteiger partial charge >= 0.3 is 0 Å². The molecular weight excluding hydrogens is 611 g/mol. The fraction of sp³-hybridized carbons (Fsp3) is 0. The summed E-state index contributed by atoms with van der Waals surface area (Å²) in [5.74, 6) is 1.88. The molecule has 9 rings (SSSR count). The Hall–Kier alpha value is -6.05. The first-order chi connectivity index (χ1) is 21.5. The Bertz CT molecular complexity index is 2400. The van der Waals surface area contributed by atoms with Crippen LogP contribution in [0.15, 0.2) is 72.8 Å². The average molecular weight is 634 g/mol. The summed E-state index contributed by atoms with van der Waals surface area (Å²) in [5, 5.41) is 2.78. The van der Waals surface area contributed by atoms with Crippen molar-refractivity contribution in [3.63, 3.8) is 0 Å². The summed E-state index contributed by atoms with van der Waals surface area (Å²) in [6.07, 6.45) is 0. The van der Waals surface area contributed by atoms with Gasteiger partial charge in [0.05, 0.1) is 33.5 Å². The molecule has 12 nitrogen and oxygen atoms in total. The summed E-state index contributed by atoms with van der Waals surface area (Å²) in [7, 11) is 0. The van der Waals surface area contributed by atoms with E-state index in [0.717, 1.165) is 33.0 Å². The van der Waals surface area contributed by atoms with E-state index in [2.05, 4.69) is 9.97 Å². The van der Waals surface area contributed by atoms with Crippen molar-refractivity contribution in [3.8, 4) is 45.6 Å². The Morgan fingerprint density at radius 3 is 1.07 bits per heavy atom. The van der Waals surface area contributed by atoms with Crippen LogP contribution < -0.4 is 22.9 Å². The second-order valence-corrected chi connectivity index (χ2v) is 10.7. The van der Waals surface area contributed by atoms with Crippen molar-refractivity contribution in [3.05, 3.63) is 72.8 Å². The van der Waals surface area contributed by atoms with Crippen LogP contribution in [0.4, 0.5) is 22.7 Å². The monoisotopic (exact) mass is 633 g/mol. The van der Waals surface area contributed by atoms with Crippen LogP contribution in [0.1, 0.15) is 0 Å². The Morgan fingerprint density at radius 1 is 0.378 bits per heavy atom. The van der Waals surface area contributed by atoms with Crippen molar-refractivity contribution < 1.29 is 16.8 Å². The van der Waals surface area contributed by atoms with Gasteiger partial charge in [0.2, 0.25) is 0 Å². The van der Waals surface area contributed by atoms with Crippen molar-refractivity contribution in [2.75, 3.05) is 22.9 Å². The molecule has 3 aromatic heterocycles. The molecule has 2 aliphatic heterocycles. The number of aromatic amines is 2. The van der Waals surface area contributed by atoms with Gasteiger partial charge in [0.15, 0.2) is 23.3 Å². The molecule has 13 heteroatoms. The number of hydrogen-bond acceptors (Lipinski definition) is 10. The third kappa shape index (κ3) is 3.71. The molecule has 0 spiro atoms. The van der Waals surface area contributed by atoms with E-state index in [9.17, 15) is 0 Å². The molecule has 0 aliphatic carbocycles. The van der Waals surface area contributed by atoms with Crippen LogP contribution in [-0.2, 0) is 16.8 Å². The van der Waals surface area contributed by atoms with Gasteiger partial charge in [-0.05, 0) is 0 Å². The van der Waals surface area contributed by atoms with Gasteiger partial charge in [-0.25, -0.2) is 29.9 Å². The van der Waals surface area contributed by atoms with Crippen LogP contribution in [0.5, 0.6) is 0 Å². The van der Waals surface area contributed by atoms with Crippen molar-refractivity contribution >= 4 is 66.9 Å². The maximum absolute atomic E-state index is 6.56. The standard InChI is InChI=1S/C32H22N12.Co/c33-21-19-20(22(34)24(36)23(21)35)32-43-30-18-12-6-4-10-16(18)28(41-30)39-26-14-8-2-1-7-13(14)25(37-26)38-27-15-9-3-5-11-17(15)29(40-27)42-31(19)44-32;/h1-12H,33-36H2,(H2,37,38,39,40,41,42,43,44);. The summed E-state index contributed by atoms with van der Waals surface area (Å²) >= 11 is 0. The fourth-order valence-electron chi connectivity index (χ4n) is 6.00. The SMILES string of the molecule is Nc1c(N)c(N)c2c3nc4nc(nc5[nH]c(nc6nc(nc([nH]3)c2c1N)-c1ccccc1-6)c1ccccc51)-c1ccccc1-4.[Co]. The quantitative estimate of drug-likeness (QED) is 0.120. The Labute approximate surface area is 264 Å². The zero-order chi connectivity index (χ0) is 29.7. The number of anilines is 4. The van der Waals surface area contributed by atoms with Gasteiger partial charge in [-0.2, -0.15) is 0 Å². The van der Waals surface area contributed by atoms with Gasteiger partial charge in [-0.1, -0.05) is 72.8 Å². The topological polar surface area (TPSA) is 213 Å². The number of rotatable bonds is 0. The van der Waals surface area contributed by atoms with Crippen LogP contribution in [0.25, 0.3) is 89.7 Å². The summed E-state index contributed by atoms with van der Waals surface area (Å²) in [6.45, 7) is 0. The first-order valence-corrected chi connectivity index (χ1v) is 13.8. The number of hydrogen-bond donors (Lipinski definition) is 6. The fourth-order valence-corrected chi connectivity index (χ4v) is 6.00. The molecule has 219 valence electrons. The van der Waals surface area contributed by atoms with Crippen molar-refractivity contribution in [1.82, 2.24) is 39.9 Å². The first kappa shape index (κ1) is 26.6. The molecule has 7 aromatic rings. The normalized spacial score (nSPS) is 11.7. The number of nitrogen functional groups attached to an aromatic ring is 4. The second-order valence-electron chi connectivity index (χ2n) is 10.7. The molecule has 0 unspecified atom stereocenters. The van der Waals surface area contributed by atoms with Crippen LogP contribution >= 0.6 is 0 Å². The molecule has 10 N–H and O–H groups in total. The molecule has 0 amide bonds. The molecule has 5 heterocycles. The summed E-state index contributed by atoms with van der Waals surface area (Å²) < 4.78 is 0. The molecular formula is C32H22CoN12. The Kier molecular flexibility index (Phi) is 5.59. The summed E-state index contributed by atoms with van der Waals surface area (Å²) in [5.41, 5.74) is 31.8. The van der Waals surface area contributed by atoms with Crippen molar-refractivity contribution in [2.45, 2.75) is 0 Å². The zero-order valence-electron chi connectivity index (χ0n) is 23.3. The number of fused-ring (bicyclic) bond motifs is 20. The smallest absolute Gasteiger partial charge is 0.164 e. The molecule has 0 saturated heterocycles. The van der Waals surface area contributed by atoms with E-state index >= 15 is 0 Å². The van der Waals surface area contributed by atoms with Crippen LogP contribution in [0, 0.1) is 0 Å². The van der Waals surface area contributed by atoms with Crippen LogP contribution in [0.3, 0.4) is 0 Å². The minimum atomic E-state index is 0. The number of H-pyrrole nitrogens is 2. The maximum atomic E-state index is 6.56. The van der Waals surface area contributed by atoms with Crippen molar-refractivity contribution in [2.24, 2.45) is 0 Å². The van der Waals surface area contributed by atoms with Gasteiger partial charge in [0.1, 0.15) is 22.6 Å². The van der Waals surface area contributed by atoms with Gasteiger partial charge < -0.3 is 32.9 Å². The van der Waals surface area contributed by atoms with E-state index in [1.807, 2.05) is 72.8 Å². The minimum Gasteiger partial charge on any atom is -0.396 e. The molecule has 0 atom stereocenters. The van der Waals surface area contributed by atoms with Crippen LogP contribution in [-0.4, -0.2) is 39.9 Å². The maximum Gasteiger partial charge on any atom is 0.164 e. The van der Waals surface area contributed by atoms with Gasteiger partial charge in [0, 0.05) is 49.8 Å². The number of aromatic nitrogens is 8. The van der Waals surface area contributed by atoms with E-state index in [1.165, 1.54) is 0 Å². The molecule has 4 aromatic carbocycles. The number of nitrogens with zero attached hydrogens (tertiary/aromatic N) is 6. The third-order valence-electron chi connectivity index (χ3n) is 8.16. The Morgan fingerprint density at radius 2 is 0.689 bits per heavy atom. The van der Waals surface area contributed by atoms with Gasteiger partial charge in [-0.3, -0.25) is 0 Å². The van der Waals surface area contributed by atoms with E-state index in [-0.39, 0.29) is 39.5 Å². The molecule has 8 bridgehead atoms. The summed E-state index contributed by atoms with van der Waals surface area (Å²) in [4.78, 5) is 36.4. The zero-order valence-corrected chi connectivity index (χ0v) is 24.3. The van der Waals surface area contributed by atoms with E-state index in [4.69, 9.17) is 52.8 Å². The summed E-state index contributed by atoms with van der Waals surface area (Å²) in [6, 6.07) is 23.5. The number of nitrogens with one attached hydrogen (secondary N) is 2. The molecule has 0 saturated carbocycles. The average Bonchev–Trinajstić information content (AvgIpc) is 3.78.